The maximum atomic E-state index is 13.5. The Morgan fingerprint density at radius 1 is 1.02 bits per heavy atom. The Morgan fingerprint density at radius 2 is 1.88 bits per heavy atom. The van der Waals surface area contributed by atoms with E-state index in [4.69, 9.17) is 11.6 Å². The summed E-state index contributed by atoms with van der Waals surface area (Å²) in [5, 5.41) is 4.53. The van der Waals surface area contributed by atoms with E-state index in [1.165, 1.54) is 16.8 Å². The molecule has 0 aliphatic carbocycles. The van der Waals surface area contributed by atoms with Gasteiger partial charge in [-0.2, -0.15) is 18.3 Å². The minimum Gasteiger partial charge on any atom is -0.347 e. The Balaban J connectivity index is 1.20. The molecule has 1 fully saturated rings. The van der Waals surface area contributed by atoms with Gasteiger partial charge in [0.1, 0.15) is 11.6 Å². The van der Waals surface area contributed by atoms with Gasteiger partial charge in [-0.15, -0.1) is 0 Å². The van der Waals surface area contributed by atoms with Gasteiger partial charge < -0.3 is 9.55 Å². The third-order valence-electron chi connectivity index (χ3n) is 6.51. The minimum absolute atomic E-state index is 0.000411. The topological polar surface area (TPSA) is 102 Å². The van der Waals surface area contributed by atoms with Crippen LogP contribution in [-0.4, -0.2) is 45.3 Å². The summed E-state index contributed by atoms with van der Waals surface area (Å²) >= 11 is 6.63. The molecule has 9 nitrogen and oxygen atoms in total. The fraction of sp³-hybridized carbons (Fsp3) is 0.148. The number of thioether (sulfide) groups is 1. The van der Waals surface area contributed by atoms with Crippen LogP contribution in [0.3, 0.4) is 0 Å². The second-order valence-corrected chi connectivity index (χ2v) is 10.6. The monoisotopic (exact) mass is 597 g/mol. The van der Waals surface area contributed by atoms with E-state index in [0.29, 0.717) is 34.7 Å². The standard InChI is InChI=1S/C27H19ClF3N7O2S/c28-19-3-2-17(20(11-19)27(29,30)31)13-38-21-4-1-16(9-18(21)12-35-38)10-22-25(39)37(26(40)41-22)15-24-34-7-8-36(24)14-23-32-5-6-33-23/h1-12H,13-15H2,(H,32,33)/b22-10-. The molecule has 3 aromatic heterocycles. The average Bonchev–Trinajstić information content (AvgIpc) is 3.72. The van der Waals surface area contributed by atoms with Crippen LogP contribution in [0.25, 0.3) is 17.0 Å². The summed E-state index contributed by atoms with van der Waals surface area (Å²) in [6.45, 7) is 0.313. The fourth-order valence-electron chi connectivity index (χ4n) is 4.54. The molecule has 41 heavy (non-hydrogen) atoms. The Labute approximate surface area is 239 Å². The molecule has 0 unspecified atom stereocenters. The van der Waals surface area contributed by atoms with Crippen LogP contribution in [0.2, 0.25) is 5.02 Å². The number of hydrogen-bond donors (Lipinski definition) is 1. The van der Waals surface area contributed by atoms with Crippen molar-refractivity contribution in [2.24, 2.45) is 0 Å². The van der Waals surface area contributed by atoms with Crippen molar-refractivity contribution in [1.29, 1.82) is 0 Å². The highest BCUT2D eigenvalue weighted by Crippen LogP contribution is 2.35. The number of benzene rings is 2. The first-order valence-electron chi connectivity index (χ1n) is 12.2. The van der Waals surface area contributed by atoms with Gasteiger partial charge in [0.05, 0.1) is 41.8 Å². The lowest BCUT2D eigenvalue weighted by molar-refractivity contribution is -0.138. The van der Waals surface area contributed by atoms with Crippen LogP contribution in [0.15, 0.2) is 72.3 Å². The van der Waals surface area contributed by atoms with Crippen molar-refractivity contribution >= 4 is 51.5 Å². The number of nitrogens with zero attached hydrogens (tertiary/aromatic N) is 6. The van der Waals surface area contributed by atoms with E-state index in [9.17, 15) is 22.8 Å². The lowest BCUT2D eigenvalue weighted by Gasteiger charge is -2.14. The summed E-state index contributed by atoms with van der Waals surface area (Å²) in [5.74, 6) is 0.810. The predicted molar refractivity (Wildman–Crippen MR) is 147 cm³/mol. The number of amides is 2. The van der Waals surface area contributed by atoms with Crippen molar-refractivity contribution in [3.63, 3.8) is 0 Å². The number of hydrogen-bond acceptors (Lipinski definition) is 6. The number of imidazole rings is 2. The lowest BCUT2D eigenvalue weighted by Crippen LogP contribution is -2.29. The zero-order valence-corrected chi connectivity index (χ0v) is 22.5. The van der Waals surface area contributed by atoms with E-state index in [0.717, 1.165) is 22.7 Å². The molecule has 0 radical (unpaired) electrons. The van der Waals surface area contributed by atoms with Crippen LogP contribution in [0.4, 0.5) is 18.0 Å². The normalized spacial score (nSPS) is 15.1. The number of H-pyrrole nitrogens is 1. The maximum absolute atomic E-state index is 13.5. The summed E-state index contributed by atoms with van der Waals surface area (Å²) in [6, 6.07) is 8.85. The minimum atomic E-state index is -4.56. The number of aromatic amines is 1. The number of alkyl halides is 3. The number of carbonyl (C=O) groups excluding carboxylic acids is 2. The van der Waals surface area contributed by atoms with E-state index < -0.39 is 22.9 Å². The first kappa shape index (κ1) is 26.8. The van der Waals surface area contributed by atoms with Crippen molar-refractivity contribution in [3.05, 3.63) is 106 Å². The molecule has 0 atom stereocenters. The molecule has 208 valence electrons. The molecule has 4 heterocycles. The molecular weight excluding hydrogens is 579 g/mol. The zero-order valence-electron chi connectivity index (χ0n) is 21.0. The Kier molecular flexibility index (Phi) is 6.91. The molecule has 2 aromatic carbocycles. The fourth-order valence-corrected chi connectivity index (χ4v) is 5.55. The van der Waals surface area contributed by atoms with Gasteiger partial charge in [0, 0.05) is 35.2 Å². The molecule has 1 N–H and O–H groups in total. The molecule has 0 spiro atoms. The second kappa shape index (κ2) is 10.6. The van der Waals surface area contributed by atoms with Gasteiger partial charge >= 0.3 is 6.18 Å². The zero-order chi connectivity index (χ0) is 28.7. The van der Waals surface area contributed by atoms with Gasteiger partial charge in [-0.1, -0.05) is 23.7 Å². The van der Waals surface area contributed by atoms with Gasteiger partial charge in [0.2, 0.25) is 0 Å². The lowest BCUT2D eigenvalue weighted by atomic mass is 10.1. The highest BCUT2D eigenvalue weighted by atomic mass is 35.5. The van der Waals surface area contributed by atoms with Crippen LogP contribution < -0.4 is 0 Å². The number of fused-ring (bicyclic) bond motifs is 1. The SMILES string of the molecule is O=C1S/C(=C\c2ccc3c(cnn3Cc3ccc(Cl)cc3C(F)(F)F)c2)C(=O)N1Cc1nccn1Cc1ncc[nH]1. The van der Waals surface area contributed by atoms with Crippen molar-refractivity contribution < 1.29 is 22.8 Å². The van der Waals surface area contributed by atoms with Gasteiger partial charge in [-0.25, -0.2) is 9.97 Å². The second-order valence-electron chi connectivity index (χ2n) is 9.19. The van der Waals surface area contributed by atoms with Crippen LogP contribution in [0.5, 0.6) is 0 Å². The maximum Gasteiger partial charge on any atom is 0.416 e. The largest absolute Gasteiger partial charge is 0.416 e. The highest BCUT2D eigenvalue weighted by molar-refractivity contribution is 8.18. The number of carbonyl (C=O) groups is 2. The summed E-state index contributed by atoms with van der Waals surface area (Å²) in [5.41, 5.74) is 0.477. The summed E-state index contributed by atoms with van der Waals surface area (Å²) in [6.07, 6.45) is 5.28. The van der Waals surface area contributed by atoms with Gasteiger partial charge in [0.15, 0.2) is 0 Å². The number of halogens is 4. The van der Waals surface area contributed by atoms with Crippen LogP contribution in [-0.2, 0) is 30.6 Å². The van der Waals surface area contributed by atoms with Crippen molar-refractivity contribution in [1.82, 2.24) is 34.2 Å². The molecule has 5 aromatic rings. The van der Waals surface area contributed by atoms with Crippen molar-refractivity contribution in [3.8, 4) is 0 Å². The third-order valence-corrected chi connectivity index (χ3v) is 7.65. The van der Waals surface area contributed by atoms with Crippen molar-refractivity contribution in [2.45, 2.75) is 25.8 Å². The quantitative estimate of drug-likeness (QED) is 0.232. The summed E-state index contributed by atoms with van der Waals surface area (Å²) in [7, 11) is 0. The Bertz CT molecular complexity index is 1810. The Morgan fingerprint density at radius 3 is 2.66 bits per heavy atom. The Hall–Kier alpha value is -4.36. The van der Waals surface area contributed by atoms with Gasteiger partial charge in [-0.3, -0.25) is 19.2 Å². The van der Waals surface area contributed by atoms with Crippen molar-refractivity contribution in [2.75, 3.05) is 0 Å². The van der Waals surface area contributed by atoms with E-state index in [2.05, 4.69) is 20.1 Å². The summed E-state index contributed by atoms with van der Waals surface area (Å²) < 4.78 is 43.9. The van der Waals surface area contributed by atoms with E-state index in [1.54, 1.807) is 59.8 Å². The molecule has 6 rings (SSSR count). The van der Waals surface area contributed by atoms with Gasteiger partial charge in [0.25, 0.3) is 11.1 Å². The van der Waals surface area contributed by atoms with E-state index in [-0.39, 0.29) is 28.6 Å². The molecular formula is C27H19ClF3N7O2S. The van der Waals surface area contributed by atoms with Crippen LogP contribution in [0.1, 0.15) is 28.3 Å². The average molecular weight is 598 g/mol. The van der Waals surface area contributed by atoms with E-state index in [1.807, 2.05) is 0 Å². The number of rotatable bonds is 7. The predicted octanol–water partition coefficient (Wildman–Crippen LogP) is 5.96. The molecule has 1 aliphatic heterocycles. The highest BCUT2D eigenvalue weighted by Gasteiger charge is 2.36. The first-order valence-corrected chi connectivity index (χ1v) is 13.4. The number of imide groups is 1. The van der Waals surface area contributed by atoms with Gasteiger partial charge in [-0.05, 0) is 53.2 Å². The molecule has 0 saturated carbocycles. The third kappa shape index (κ3) is 5.50. The molecule has 1 aliphatic rings. The molecule has 0 bridgehead atoms. The number of nitrogens with one attached hydrogen (secondary N) is 1. The van der Waals surface area contributed by atoms with Crippen LogP contribution >= 0.6 is 23.4 Å². The summed E-state index contributed by atoms with van der Waals surface area (Å²) in [4.78, 5) is 38.7. The smallest absolute Gasteiger partial charge is 0.347 e. The first-order chi connectivity index (χ1) is 19.7. The van der Waals surface area contributed by atoms with Crippen LogP contribution in [0, 0.1) is 0 Å². The molecule has 2 amide bonds. The molecule has 1 saturated heterocycles. The number of aromatic nitrogens is 6. The van der Waals surface area contributed by atoms with E-state index >= 15 is 0 Å². The molecule has 14 heteroatoms.